The summed E-state index contributed by atoms with van der Waals surface area (Å²) < 4.78 is 23.7. The van der Waals surface area contributed by atoms with Crippen LogP contribution in [0.2, 0.25) is 0 Å². The molecule has 0 radical (unpaired) electrons. The molecule has 2 heterocycles. The summed E-state index contributed by atoms with van der Waals surface area (Å²) in [5.74, 6) is 0. The van der Waals surface area contributed by atoms with Gasteiger partial charge in [0.2, 0.25) is 0 Å². The second-order valence-electron chi connectivity index (χ2n) is 10.3. The van der Waals surface area contributed by atoms with Crippen LogP contribution in [0.4, 0.5) is 4.79 Å². The molecule has 3 aromatic rings. The predicted octanol–water partition coefficient (Wildman–Crippen LogP) is 5.14. The van der Waals surface area contributed by atoms with Gasteiger partial charge in [-0.25, -0.2) is 4.79 Å². The van der Waals surface area contributed by atoms with Gasteiger partial charge in [0.15, 0.2) is 6.29 Å². The van der Waals surface area contributed by atoms with E-state index in [4.69, 9.17) is 18.9 Å². The topological polar surface area (TPSA) is 89.5 Å². The largest absolute Gasteiger partial charge is 0.445 e. The van der Waals surface area contributed by atoms with Crippen molar-refractivity contribution in [3.05, 3.63) is 108 Å². The van der Waals surface area contributed by atoms with Crippen molar-refractivity contribution in [2.24, 2.45) is 0 Å². The molecule has 41 heavy (non-hydrogen) atoms. The third-order valence-corrected chi connectivity index (χ3v) is 7.37. The number of nitrogens with one attached hydrogen (secondary N) is 1. The molecule has 0 saturated carbocycles. The molecule has 2 aliphatic rings. The summed E-state index contributed by atoms with van der Waals surface area (Å²) in [6.45, 7) is 8.20. The van der Waals surface area contributed by atoms with Gasteiger partial charge in [0.25, 0.3) is 0 Å². The lowest BCUT2D eigenvalue weighted by Crippen LogP contribution is -2.44. The van der Waals surface area contributed by atoms with Crippen LogP contribution < -0.4 is 5.32 Å². The molecule has 216 valence electrons. The van der Waals surface area contributed by atoms with Gasteiger partial charge in [-0.3, -0.25) is 4.90 Å². The average Bonchev–Trinajstić information content (AvgIpc) is 3.03. The number of alkyl carbamates (subject to hydrolysis) is 1. The highest BCUT2D eigenvalue weighted by Gasteiger charge is 2.33. The molecule has 2 aliphatic heterocycles. The zero-order chi connectivity index (χ0) is 28.4. The molecule has 0 unspecified atom stereocenters. The number of aliphatic hydroxyl groups is 1. The first-order valence-corrected chi connectivity index (χ1v) is 14.1. The summed E-state index contributed by atoms with van der Waals surface area (Å²) >= 11 is 0. The highest BCUT2D eigenvalue weighted by Crippen LogP contribution is 2.39. The average molecular weight is 559 g/mol. The van der Waals surface area contributed by atoms with E-state index in [2.05, 4.69) is 35.0 Å². The van der Waals surface area contributed by atoms with Crippen LogP contribution >= 0.6 is 0 Å². The number of nitrogens with zero attached hydrogens (tertiary/aromatic N) is 1. The lowest BCUT2D eigenvalue weighted by molar-refractivity contribution is -0.253. The Kier molecular flexibility index (Phi) is 10.2. The first kappa shape index (κ1) is 29.0. The minimum atomic E-state index is -0.526. The Morgan fingerprint density at radius 3 is 2.49 bits per heavy atom. The summed E-state index contributed by atoms with van der Waals surface area (Å²) in [6, 6.07) is 24.3. The molecule has 2 saturated heterocycles. The maximum absolute atomic E-state index is 11.8. The molecular weight excluding hydrogens is 520 g/mol. The maximum atomic E-state index is 11.8. The molecule has 0 aliphatic carbocycles. The van der Waals surface area contributed by atoms with Crippen LogP contribution in [0.15, 0.2) is 85.5 Å². The maximum Gasteiger partial charge on any atom is 0.407 e. The lowest BCUT2D eigenvalue weighted by atomic mass is 9.98. The van der Waals surface area contributed by atoms with Crippen molar-refractivity contribution < 1.29 is 28.8 Å². The van der Waals surface area contributed by atoms with Crippen molar-refractivity contribution in [2.45, 2.75) is 38.1 Å². The molecule has 0 bridgehead atoms. The first-order chi connectivity index (χ1) is 20.1. The van der Waals surface area contributed by atoms with E-state index >= 15 is 0 Å². The number of morpholine rings is 1. The summed E-state index contributed by atoms with van der Waals surface area (Å²) in [7, 11) is 0. The number of rotatable bonds is 10. The number of carbonyl (C=O) groups is 1. The summed E-state index contributed by atoms with van der Waals surface area (Å²) in [6.07, 6.45) is 1.14. The number of benzene rings is 3. The van der Waals surface area contributed by atoms with E-state index in [0.29, 0.717) is 6.54 Å². The molecule has 1 amide bonds. The normalized spacial score (nSPS) is 21.2. The summed E-state index contributed by atoms with van der Waals surface area (Å²) in [5, 5.41) is 12.2. The van der Waals surface area contributed by atoms with E-state index in [1.807, 2.05) is 54.6 Å². The van der Waals surface area contributed by atoms with Crippen LogP contribution in [0.3, 0.4) is 0 Å². The van der Waals surface area contributed by atoms with Crippen LogP contribution in [0.1, 0.15) is 41.1 Å². The molecule has 8 nitrogen and oxygen atoms in total. The zero-order valence-electron chi connectivity index (χ0n) is 23.2. The molecule has 2 fully saturated rings. The number of amides is 1. The van der Waals surface area contributed by atoms with Gasteiger partial charge in [-0.15, -0.1) is 0 Å². The van der Waals surface area contributed by atoms with Gasteiger partial charge in [-0.2, -0.15) is 0 Å². The third kappa shape index (κ3) is 8.03. The predicted molar refractivity (Wildman–Crippen MR) is 156 cm³/mol. The van der Waals surface area contributed by atoms with Gasteiger partial charge in [0.1, 0.15) is 6.61 Å². The molecular formula is C33H38N2O6. The van der Waals surface area contributed by atoms with Gasteiger partial charge in [-0.1, -0.05) is 73.3 Å². The van der Waals surface area contributed by atoms with E-state index in [-0.39, 0.29) is 25.4 Å². The number of ether oxygens (including phenoxy) is 4. The molecule has 0 aromatic heterocycles. The molecule has 3 atom stereocenters. The van der Waals surface area contributed by atoms with E-state index in [0.717, 1.165) is 72.6 Å². The zero-order valence-corrected chi connectivity index (χ0v) is 23.2. The van der Waals surface area contributed by atoms with Crippen LogP contribution in [0.25, 0.3) is 11.1 Å². The molecule has 3 aromatic carbocycles. The Labute approximate surface area is 241 Å². The molecule has 0 spiro atoms. The number of hydrogen-bond donors (Lipinski definition) is 2. The molecule has 8 heteroatoms. The lowest BCUT2D eigenvalue weighted by Gasteiger charge is -2.39. The van der Waals surface area contributed by atoms with Crippen molar-refractivity contribution in [1.82, 2.24) is 10.2 Å². The van der Waals surface area contributed by atoms with Gasteiger partial charge < -0.3 is 29.4 Å². The van der Waals surface area contributed by atoms with E-state index in [1.54, 1.807) is 0 Å². The van der Waals surface area contributed by atoms with E-state index in [1.165, 1.54) is 6.08 Å². The van der Waals surface area contributed by atoms with Crippen LogP contribution in [0.5, 0.6) is 0 Å². The van der Waals surface area contributed by atoms with E-state index in [9.17, 15) is 9.90 Å². The highest BCUT2D eigenvalue weighted by molar-refractivity contribution is 5.68. The van der Waals surface area contributed by atoms with Crippen molar-refractivity contribution in [2.75, 3.05) is 39.5 Å². The van der Waals surface area contributed by atoms with Crippen molar-refractivity contribution in [1.29, 1.82) is 0 Å². The Bertz CT molecular complexity index is 1290. The highest BCUT2D eigenvalue weighted by atomic mass is 16.7. The number of hydrogen-bond acceptors (Lipinski definition) is 7. The number of aliphatic hydroxyl groups excluding tert-OH is 1. The summed E-state index contributed by atoms with van der Waals surface area (Å²) in [5.41, 5.74) is 5.92. The molecule has 2 N–H and O–H groups in total. The van der Waals surface area contributed by atoms with Crippen LogP contribution in [-0.2, 0) is 32.1 Å². The number of carbonyl (C=O) groups excluding carboxylic acids is 1. The monoisotopic (exact) mass is 558 g/mol. The van der Waals surface area contributed by atoms with Gasteiger partial charge in [0, 0.05) is 38.2 Å². The van der Waals surface area contributed by atoms with Gasteiger partial charge >= 0.3 is 6.09 Å². The Hall–Kier alpha value is -3.53. The Balaban J connectivity index is 1.33. The third-order valence-electron chi connectivity index (χ3n) is 7.37. The Morgan fingerprint density at radius 2 is 1.73 bits per heavy atom. The standard InChI is InChI=1S/C33H38N2O6/c1-2-15-39-33(37)34-21-25-5-3-6-27(18-25)28-7-4-8-29(19-28)32-40-30(22-35-13-16-38-17-14-35)20-31(41-32)26-11-9-24(23-36)10-12-26/h2-12,18-19,30-32,36H,1,13-17,20-23H2,(H,34,37)/t30-,31+,32+/m1/s1. The quantitative estimate of drug-likeness (QED) is 0.333. The first-order valence-electron chi connectivity index (χ1n) is 14.1. The SMILES string of the molecule is C=CCOC(=O)NCc1cccc(-c2cccc([C@H]3O[C@@H](CN4CCOCC4)C[C@@H](c4ccc(CO)cc4)O3)c2)c1. The van der Waals surface area contributed by atoms with Gasteiger partial charge in [0.05, 0.1) is 32.0 Å². The minimum absolute atomic E-state index is 0.00623. The second-order valence-corrected chi connectivity index (χ2v) is 10.3. The van der Waals surface area contributed by atoms with E-state index < -0.39 is 12.4 Å². The fourth-order valence-electron chi connectivity index (χ4n) is 5.19. The van der Waals surface area contributed by atoms with Crippen molar-refractivity contribution in [3.8, 4) is 11.1 Å². The van der Waals surface area contributed by atoms with Crippen LogP contribution in [-0.4, -0.2) is 61.7 Å². The summed E-state index contributed by atoms with van der Waals surface area (Å²) in [4.78, 5) is 14.2. The molecule has 5 rings (SSSR count). The van der Waals surface area contributed by atoms with Crippen LogP contribution in [0, 0.1) is 0 Å². The fraction of sp³-hybridized carbons (Fsp3) is 0.364. The van der Waals surface area contributed by atoms with Crippen molar-refractivity contribution in [3.63, 3.8) is 0 Å². The minimum Gasteiger partial charge on any atom is -0.445 e. The second kappa shape index (κ2) is 14.4. The van der Waals surface area contributed by atoms with Crippen molar-refractivity contribution >= 4 is 6.09 Å². The fourth-order valence-corrected chi connectivity index (χ4v) is 5.19. The smallest absolute Gasteiger partial charge is 0.407 e. The Morgan fingerprint density at radius 1 is 0.976 bits per heavy atom. The van der Waals surface area contributed by atoms with Gasteiger partial charge in [-0.05, 0) is 39.9 Å².